The molecule has 3 saturated carbocycles. The maximum Gasteiger partial charge on any atom is 0.314 e. The van der Waals surface area contributed by atoms with E-state index < -0.39 is 0 Å². The van der Waals surface area contributed by atoms with Gasteiger partial charge in [0, 0.05) is 0 Å². The first-order valence-electron chi connectivity index (χ1n) is 15.9. The van der Waals surface area contributed by atoms with Crippen LogP contribution < -0.4 is 4.74 Å². The Hall–Kier alpha value is -1.31. The summed E-state index contributed by atoms with van der Waals surface area (Å²) in [6.07, 6.45) is 25.4. The van der Waals surface area contributed by atoms with Crippen molar-refractivity contribution in [2.45, 2.75) is 136 Å². The summed E-state index contributed by atoms with van der Waals surface area (Å²) in [5, 5.41) is 0. The molecule has 0 heterocycles. The number of hydrogen-bond donors (Lipinski definition) is 0. The first-order valence-corrected chi connectivity index (χ1v) is 15.9. The summed E-state index contributed by atoms with van der Waals surface area (Å²) >= 11 is 0. The summed E-state index contributed by atoms with van der Waals surface area (Å²) in [6.45, 7) is 4.63. The van der Waals surface area contributed by atoms with E-state index in [1.165, 1.54) is 108 Å². The standard InChI is InChI=1S/C34H54O2/c1-3-5-7-27-8-10-28(11-9-27)12-13-29-16-24-33(25-17-29)36-34(35)32-22-20-31(21-23-32)30-18-14-26(6-4-2)15-19-30/h16-17,24-28,30-32H,3-15,18-23H2,1-2H3. The molecule has 0 unspecified atom stereocenters. The molecule has 0 bridgehead atoms. The molecule has 3 aliphatic rings. The molecule has 3 fully saturated rings. The number of unbranched alkanes of at least 4 members (excludes halogenated alkanes) is 1. The van der Waals surface area contributed by atoms with Gasteiger partial charge in [0.15, 0.2) is 0 Å². The van der Waals surface area contributed by atoms with E-state index in [2.05, 4.69) is 26.0 Å². The van der Waals surface area contributed by atoms with Gasteiger partial charge in [0.05, 0.1) is 5.92 Å². The molecule has 0 atom stereocenters. The van der Waals surface area contributed by atoms with Crippen LogP contribution in [0.4, 0.5) is 0 Å². The van der Waals surface area contributed by atoms with Gasteiger partial charge in [0.25, 0.3) is 0 Å². The molecule has 0 saturated heterocycles. The maximum atomic E-state index is 12.9. The SMILES string of the molecule is CCCCC1CCC(CCc2ccc(OC(=O)C3CCC(C4CCC(CCC)CC4)CC3)cc2)CC1. The average Bonchev–Trinajstić information content (AvgIpc) is 2.93. The molecule has 4 rings (SSSR count). The molecule has 202 valence electrons. The van der Waals surface area contributed by atoms with Crippen LogP contribution in [0.25, 0.3) is 0 Å². The van der Waals surface area contributed by atoms with Crippen molar-refractivity contribution in [3.8, 4) is 5.75 Å². The fourth-order valence-electron chi connectivity index (χ4n) is 7.78. The highest BCUT2D eigenvalue weighted by Gasteiger charge is 2.33. The monoisotopic (exact) mass is 494 g/mol. The highest BCUT2D eigenvalue weighted by molar-refractivity contribution is 5.75. The number of esters is 1. The second-order valence-corrected chi connectivity index (χ2v) is 12.8. The van der Waals surface area contributed by atoms with Gasteiger partial charge in [0.1, 0.15) is 5.75 Å². The predicted octanol–water partition coefficient (Wildman–Crippen LogP) is 9.93. The van der Waals surface area contributed by atoms with Crippen molar-refractivity contribution in [2.24, 2.45) is 35.5 Å². The van der Waals surface area contributed by atoms with Crippen molar-refractivity contribution in [1.29, 1.82) is 0 Å². The van der Waals surface area contributed by atoms with Crippen molar-refractivity contribution in [3.63, 3.8) is 0 Å². The fraction of sp³-hybridized carbons (Fsp3) is 0.794. The molecule has 36 heavy (non-hydrogen) atoms. The number of ether oxygens (including phenoxy) is 1. The zero-order valence-corrected chi connectivity index (χ0v) is 23.5. The highest BCUT2D eigenvalue weighted by atomic mass is 16.5. The Morgan fingerprint density at radius 3 is 1.78 bits per heavy atom. The molecule has 0 N–H and O–H groups in total. The lowest BCUT2D eigenvalue weighted by Gasteiger charge is -2.37. The molecule has 0 spiro atoms. The maximum absolute atomic E-state index is 12.9. The first-order chi connectivity index (χ1) is 17.6. The van der Waals surface area contributed by atoms with E-state index in [9.17, 15) is 4.79 Å². The number of carbonyl (C=O) groups excluding carboxylic acids is 1. The number of hydrogen-bond acceptors (Lipinski definition) is 2. The van der Waals surface area contributed by atoms with Crippen LogP contribution in [-0.2, 0) is 11.2 Å². The van der Waals surface area contributed by atoms with E-state index in [1.54, 1.807) is 0 Å². The molecule has 0 radical (unpaired) electrons. The largest absolute Gasteiger partial charge is 0.426 e. The topological polar surface area (TPSA) is 26.3 Å². The molecular formula is C34H54O2. The van der Waals surface area contributed by atoms with E-state index in [0.717, 1.165) is 54.6 Å². The summed E-state index contributed by atoms with van der Waals surface area (Å²) in [5.41, 5.74) is 1.39. The Kier molecular flexibility index (Phi) is 11.2. The van der Waals surface area contributed by atoms with Gasteiger partial charge in [0.2, 0.25) is 0 Å². The second-order valence-electron chi connectivity index (χ2n) is 12.8. The van der Waals surface area contributed by atoms with E-state index >= 15 is 0 Å². The lowest BCUT2D eigenvalue weighted by atomic mass is 9.69. The van der Waals surface area contributed by atoms with Crippen LogP contribution in [0.5, 0.6) is 5.75 Å². The molecule has 2 nitrogen and oxygen atoms in total. The third-order valence-corrected chi connectivity index (χ3v) is 10.3. The van der Waals surface area contributed by atoms with Crippen molar-refractivity contribution in [2.75, 3.05) is 0 Å². The molecule has 2 heteroatoms. The Morgan fingerprint density at radius 1 is 0.667 bits per heavy atom. The fourth-order valence-corrected chi connectivity index (χ4v) is 7.78. The number of benzene rings is 1. The quantitative estimate of drug-likeness (QED) is 0.226. The molecule has 1 aromatic carbocycles. The number of aryl methyl sites for hydroxylation is 1. The average molecular weight is 495 g/mol. The summed E-state index contributed by atoms with van der Waals surface area (Å²) in [4.78, 5) is 12.9. The Balaban J connectivity index is 1.12. The molecule has 0 aliphatic heterocycles. The Morgan fingerprint density at radius 2 is 1.19 bits per heavy atom. The third-order valence-electron chi connectivity index (χ3n) is 10.3. The first kappa shape index (κ1) is 27.7. The van der Waals surface area contributed by atoms with Crippen molar-refractivity contribution < 1.29 is 9.53 Å². The Bertz CT molecular complexity index is 744. The minimum absolute atomic E-state index is 0.00712. The summed E-state index contributed by atoms with van der Waals surface area (Å²) in [7, 11) is 0. The molecular weight excluding hydrogens is 440 g/mol. The van der Waals surface area contributed by atoms with Gasteiger partial charge in [-0.15, -0.1) is 0 Å². The van der Waals surface area contributed by atoms with Gasteiger partial charge in [-0.05, 0) is 98.7 Å². The van der Waals surface area contributed by atoms with Crippen LogP contribution in [0.15, 0.2) is 24.3 Å². The van der Waals surface area contributed by atoms with E-state index in [0.29, 0.717) is 0 Å². The lowest BCUT2D eigenvalue weighted by molar-refractivity contribution is -0.140. The Labute approximate surface area is 222 Å². The van der Waals surface area contributed by atoms with Gasteiger partial charge in [-0.2, -0.15) is 0 Å². The van der Waals surface area contributed by atoms with E-state index in [4.69, 9.17) is 4.74 Å². The summed E-state index contributed by atoms with van der Waals surface area (Å²) in [5.74, 6) is 5.49. The minimum atomic E-state index is 0.00712. The molecule has 3 aliphatic carbocycles. The van der Waals surface area contributed by atoms with Crippen molar-refractivity contribution >= 4 is 5.97 Å². The van der Waals surface area contributed by atoms with Crippen molar-refractivity contribution in [3.05, 3.63) is 29.8 Å². The normalized spacial score (nSPS) is 31.2. The zero-order chi connectivity index (χ0) is 25.2. The zero-order valence-electron chi connectivity index (χ0n) is 23.5. The van der Waals surface area contributed by atoms with Gasteiger partial charge >= 0.3 is 5.97 Å². The smallest absolute Gasteiger partial charge is 0.314 e. The van der Waals surface area contributed by atoms with Crippen LogP contribution in [0, 0.1) is 35.5 Å². The van der Waals surface area contributed by atoms with Crippen LogP contribution in [-0.4, -0.2) is 5.97 Å². The second kappa shape index (κ2) is 14.6. The van der Waals surface area contributed by atoms with Crippen LogP contribution in [0.1, 0.15) is 135 Å². The number of carbonyl (C=O) groups is 1. The number of rotatable bonds is 11. The summed E-state index contributed by atoms with van der Waals surface area (Å²) < 4.78 is 5.83. The van der Waals surface area contributed by atoms with Crippen molar-refractivity contribution in [1.82, 2.24) is 0 Å². The van der Waals surface area contributed by atoms with Gasteiger partial charge in [-0.25, -0.2) is 0 Å². The molecule has 0 aromatic heterocycles. The van der Waals surface area contributed by atoms with E-state index in [1.807, 2.05) is 12.1 Å². The van der Waals surface area contributed by atoms with Gasteiger partial charge < -0.3 is 4.74 Å². The lowest BCUT2D eigenvalue weighted by Crippen LogP contribution is -2.30. The highest BCUT2D eigenvalue weighted by Crippen LogP contribution is 2.42. The van der Waals surface area contributed by atoms with Crippen LogP contribution in [0.3, 0.4) is 0 Å². The van der Waals surface area contributed by atoms with Crippen LogP contribution >= 0.6 is 0 Å². The van der Waals surface area contributed by atoms with Crippen LogP contribution in [0.2, 0.25) is 0 Å². The summed E-state index contributed by atoms with van der Waals surface area (Å²) in [6, 6.07) is 8.41. The van der Waals surface area contributed by atoms with E-state index in [-0.39, 0.29) is 11.9 Å². The third kappa shape index (κ3) is 8.35. The minimum Gasteiger partial charge on any atom is -0.426 e. The van der Waals surface area contributed by atoms with Gasteiger partial charge in [-0.1, -0.05) is 96.6 Å². The molecule has 1 aromatic rings. The predicted molar refractivity (Wildman–Crippen MR) is 151 cm³/mol. The molecule has 0 amide bonds. The van der Waals surface area contributed by atoms with Gasteiger partial charge in [-0.3, -0.25) is 4.79 Å².